The van der Waals surface area contributed by atoms with Crippen molar-refractivity contribution in [2.24, 2.45) is 0 Å². The van der Waals surface area contributed by atoms with Crippen molar-refractivity contribution in [2.45, 2.75) is 26.2 Å². The fraction of sp³-hybridized carbons (Fsp3) is 0.294. The monoisotopic (exact) mass is 302 g/mol. The highest BCUT2D eigenvalue weighted by molar-refractivity contribution is 5.89. The molecule has 0 unspecified atom stereocenters. The van der Waals surface area contributed by atoms with Gasteiger partial charge in [0.25, 0.3) is 0 Å². The Hall–Kier alpha value is -2.74. The Kier molecular flexibility index (Phi) is 7.27. The maximum Gasteiger partial charge on any atom is 0.389 e. The smallest absolute Gasteiger partial charge is 0.389 e. The fourth-order valence-electron chi connectivity index (χ4n) is 1.63. The molecule has 0 aliphatic heterocycles. The number of terminal acetylenes is 1. The third-order valence-corrected chi connectivity index (χ3v) is 2.64. The molecule has 0 amide bonds. The fourth-order valence-corrected chi connectivity index (χ4v) is 1.63. The Morgan fingerprint density at radius 2 is 1.82 bits per heavy atom. The van der Waals surface area contributed by atoms with Crippen LogP contribution in [0.2, 0.25) is 0 Å². The van der Waals surface area contributed by atoms with E-state index in [2.05, 4.69) is 0 Å². The Morgan fingerprint density at radius 1 is 1.18 bits per heavy atom. The van der Waals surface area contributed by atoms with Crippen LogP contribution in [-0.2, 0) is 9.59 Å². The van der Waals surface area contributed by atoms with Crippen LogP contribution >= 0.6 is 0 Å². The van der Waals surface area contributed by atoms with Gasteiger partial charge in [-0.1, -0.05) is 12.2 Å². The molecule has 0 bridgehead atoms. The van der Waals surface area contributed by atoms with Crippen LogP contribution in [0.4, 0.5) is 0 Å². The van der Waals surface area contributed by atoms with Gasteiger partial charge in [0.05, 0.1) is 7.11 Å². The molecule has 5 heteroatoms. The molecule has 0 spiro atoms. The highest BCUT2D eigenvalue weighted by Gasteiger charge is 2.10. The molecule has 0 saturated heterocycles. The van der Waals surface area contributed by atoms with Crippen LogP contribution in [-0.4, -0.2) is 19.0 Å². The lowest BCUT2D eigenvalue weighted by Crippen LogP contribution is -2.08. The summed E-state index contributed by atoms with van der Waals surface area (Å²) < 4.78 is 15.2. The van der Waals surface area contributed by atoms with Crippen molar-refractivity contribution in [3.05, 3.63) is 30.4 Å². The van der Waals surface area contributed by atoms with Gasteiger partial charge in [0.2, 0.25) is 0 Å². The molecule has 1 aromatic carbocycles. The standard InChI is InChI=1S/C17H18O5/c1-4-6-7-8-9-17(19)22-15-11-13(20-3)10-14(12-15)21-16(18)5-2/h2,4,6,10-12H,7-9H2,1,3H3/b6-4-. The number of carbonyl (C=O) groups is 2. The van der Waals surface area contributed by atoms with Gasteiger partial charge >= 0.3 is 11.9 Å². The maximum absolute atomic E-state index is 11.7. The first-order valence-corrected chi connectivity index (χ1v) is 6.78. The zero-order valence-electron chi connectivity index (χ0n) is 12.6. The predicted octanol–water partition coefficient (Wildman–Crippen LogP) is 2.89. The largest absolute Gasteiger partial charge is 0.496 e. The van der Waals surface area contributed by atoms with E-state index in [9.17, 15) is 9.59 Å². The van der Waals surface area contributed by atoms with E-state index >= 15 is 0 Å². The van der Waals surface area contributed by atoms with Crippen molar-refractivity contribution in [2.75, 3.05) is 7.11 Å². The maximum atomic E-state index is 11.7. The molecule has 1 rings (SSSR count). The van der Waals surface area contributed by atoms with Crippen molar-refractivity contribution in [1.82, 2.24) is 0 Å². The minimum atomic E-state index is -0.836. The van der Waals surface area contributed by atoms with Gasteiger partial charge in [-0.25, -0.2) is 4.79 Å². The summed E-state index contributed by atoms with van der Waals surface area (Å²) in [6, 6.07) is 4.40. The van der Waals surface area contributed by atoms with Crippen LogP contribution in [0, 0.1) is 12.3 Å². The van der Waals surface area contributed by atoms with Gasteiger partial charge in [0.15, 0.2) is 0 Å². The molecule has 1 aromatic rings. The minimum Gasteiger partial charge on any atom is -0.496 e. The molecule has 0 radical (unpaired) electrons. The average Bonchev–Trinajstić information content (AvgIpc) is 2.51. The van der Waals surface area contributed by atoms with E-state index < -0.39 is 5.97 Å². The van der Waals surface area contributed by atoms with Gasteiger partial charge in [-0.15, -0.1) is 6.42 Å². The highest BCUT2D eigenvalue weighted by Crippen LogP contribution is 2.28. The number of carbonyl (C=O) groups excluding carboxylic acids is 2. The quantitative estimate of drug-likeness (QED) is 0.193. The van der Waals surface area contributed by atoms with Gasteiger partial charge < -0.3 is 14.2 Å². The van der Waals surface area contributed by atoms with Crippen molar-refractivity contribution in [3.8, 4) is 29.6 Å². The van der Waals surface area contributed by atoms with Crippen LogP contribution in [0.5, 0.6) is 17.2 Å². The number of hydrogen-bond acceptors (Lipinski definition) is 5. The molecule has 0 aromatic heterocycles. The van der Waals surface area contributed by atoms with E-state index in [1.807, 2.05) is 25.0 Å². The van der Waals surface area contributed by atoms with Gasteiger partial charge in [0, 0.05) is 30.5 Å². The first-order valence-electron chi connectivity index (χ1n) is 6.78. The summed E-state index contributed by atoms with van der Waals surface area (Å²) in [5, 5.41) is 0. The lowest BCUT2D eigenvalue weighted by molar-refractivity contribution is -0.134. The Balaban J connectivity index is 2.72. The second-order valence-electron chi connectivity index (χ2n) is 4.31. The summed E-state index contributed by atoms with van der Waals surface area (Å²) in [6.45, 7) is 1.92. The summed E-state index contributed by atoms with van der Waals surface area (Å²) in [6.07, 6.45) is 10.7. The summed E-state index contributed by atoms with van der Waals surface area (Å²) in [5.74, 6) is 1.40. The molecule has 116 valence electrons. The van der Waals surface area contributed by atoms with E-state index in [0.717, 1.165) is 6.42 Å². The van der Waals surface area contributed by atoms with Gasteiger partial charge in [-0.05, 0) is 19.8 Å². The van der Waals surface area contributed by atoms with Crippen LogP contribution in [0.15, 0.2) is 30.4 Å². The average molecular weight is 302 g/mol. The number of unbranched alkanes of at least 4 members (excludes halogenated alkanes) is 1. The number of methoxy groups -OCH3 is 1. The van der Waals surface area contributed by atoms with Crippen LogP contribution in [0.3, 0.4) is 0 Å². The topological polar surface area (TPSA) is 61.8 Å². The SMILES string of the molecule is C#CC(=O)Oc1cc(OC)cc(OC(=O)CCC/C=C\C)c1. The molecule has 0 aliphatic rings. The van der Waals surface area contributed by atoms with E-state index in [1.165, 1.54) is 25.3 Å². The van der Waals surface area contributed by atoms with Gasteiger partial charge in [-0.3, -0.25) is 4.79 Å². The van der Waals surface area contributed by atoms with E-state index in [0.29, 0.717) is 18.6 Å². The minimum absolute atomic E-state index is 0.152. The lowest BCUT2D eigenvalue weighted by atomic mass is 10.2. The zero-order valence-corrected chi connectivity index (χ0v) is 12.6. The van der Waals surface area contributed by atoms with Crippen molar-refractivity contribution in [1.29, 1.82) is 0 Å². The van der Waals surface area contributed by atoms with Gasteiger partial charge in [-0.2, -0.15) is 0 Å². The number of esters is 2. The molecule has 0 fully saturated rings. The number of ether oxygens (including phenoxy) is 3. The Labute approximate surface area is 129 Å². The number of allylic oxidation sites excluding steroid dienone is 2. The molecular weight excluding hydrogens is 284 g/mol. The van der Waals surface area contributed by atoms with Crippen LogP contribution in [0.1, 0.15) is 26.2 Å². The number of hydrogen-bond donors (Lipinski definition) is 0. The predicted molar refractivity (Wildman–Crippen MR) is 81.8 cm³/mol. The first kappa shape index (κ1) is 17.3. The molecule has 0 N–H and O–H groups in total. The van der Waals surface area contributed by atoms with Crippen molar-refractivity contribution >= 4 is 11.9 Å². The van der Waals surface area contributed by atoms with Crippen LogP contribution < -0.4 is 14.2 Å². The molecule has 22 heavy (non-hydrogen) atoms. The van der Waals surface area contributed by atoms with Crippen LogP contribution in [0.25, 0.3) is 0 Å². The molecule has 0 atom stereocenters. The highest BCUT2D eigenvalue weighted by atomic mass is 16.5. The van der Waals surface area contributed by atoms with E-state index in [1.54, 1.807) is 0 Å². The molecule has 5 nitrogen and oxygen atoms in total. The van der Waals surface area contributed by atoms with Gasteiger partial charge in [0.1, 0.15) is 17.2 Å². The van der Waals surface area contributed by atoms with Crippen molar-refractivity contribution in [3.63, 3.8) is 0 Å². The summed E-state index contributed by atoms with van der Waals surface area (Å²) in [5.41, 5.74) is 0. The third-order valence-electron chi connectivity index (χ3n) is 2.64. The van der Waals surface area contributed by atoms with Crippen molar-refractivity contribution < 1.29 is 23.8 Å². The summed E-state index contributed by atoms with van der Waals surface area (Å²) >= 11 is 0. The molecule has 0 saturated carbocycles. The zero-order chi connectivity index (χ0) is 16.4. The molecule has 0 aliphatic carbocycles. The second-order valence-corrected chi connectivity index (χ2v) is 4.31. The lowest BCUT2D eigenvalue weighted by Gasteiger charge is -2.09. The number of benzene rings is 1. The summed E-state index contributed by atoms with van der Waals surface area (Å²) in [4.78, 5) is 22.8. The van der Waals surface area contributed by atoms with E-state index in [4.69, 9.17) is 20.6 Å². The third kappa shape index (κ3) is 6.14. The Bertz CT molecular complexity index is 596. The summed E-state index contributed by atoms with van der Waals surface area (Å²) in [7, 11) is 1.45. The number of rotatable bonds is 7. The normalized spacial score (nSPS) is 10.0. The van der Waals surface area contributed by atoms with E-state index in [-0.39, 0.29) is 17.5 Å². The molecular formula is C17H18O5. The molecule has 0 heterocycles. The first-order chi connectivity index (χ1) is 10.6. The second kappa shape index (κ2) is 9.24. The Morgan fingerprint density at radius 3 is 2.41 bits per heavy atom.